The number of nitrogens with one attached hydrogen (secondary N) is 1. The Kier molecular flexibility index (Phi) is 24.1. The van der Waals surface area contributed by atoms with Gasteiger partial charge in [-0.2, -0.15) is 0 Å². The van der Waals surface area contributed by atoms with Crippen LogP contribution in [0.2, 0.25) is 0 Å². The van der Waals surface area contributed by atoms with Gasteiger partial charge in [-0.15, -0.1) is 0 Å². The molecular weight excluding hydrogens is 426 g/mol. The van der Waals surface area contributed by atoms with E-state index in [1.807, 2.05) is 6.08 Å². The van der Waals surface area contributed by atoms with Crippen molar-refractivity contribution in [3.63, 3.8) is 0 Å². The van der Waals surface area contributed by atoms with Crippen LogP contribution in [0.5, 0.6) is 0 Å². The highest BCUT2D eigenvalue weighted by molar-refractivity contribution is 5.80. The van der Waals surface area contributed by atoms with Crippen molar-refractivity contribution >= 4 is 5.91 Å². The molecule has 0 aromatic heterocycles. The molecule has 4 N–H and O–H groups in total. The predicted molar refractivity (Wildman–Crippen MR) is 144 cm³/mol. The van der Waals surface area contributed by atoms with Gasteiger partial charge in [-0.1, -0.05) is 115 Å². The van der Waals surface area contributed by atoms with E-state index in [0.717, 1.165) is 44.9 Å². The smallest absolute Gasteiger partial charge is 0.249 e. The Morgan fingerprint density at radius 1 is 0.706 bits per heavy atom. The Hall–Kier alpha value is -1.17. The second kappa shape index (κ2) is 24.9. The molecule has 0 aromatic carbocycles. The average molecular weight is 482 g/mol. The maximum atomic E-state index is 12.2. The van der Waals surface area contributed by atoms with E-state index >= 15 is 0 Å². The fourth-order valence-electron chi connectivity index (χ4n) is 3.93. The Labute approximate surface area is 210 Å². The van der Waals surface area contributed by atoms with Crippen molar-refractivity contribution in [2.24, 2.45) is 0 Å². The number of carbonyl (C=O) groups is 1. The molecule has 5 nitrogen and oxygen atoms in total. The number of unbranched alkanes of at least 4 members (excludes halogenated alkanes) is 14. The van der Waals surface area contributed by atoms with E-state index in [0.29, 0.717) is 6.42 Å². The third-order valence-electron chi connectivity index (χ3n) is 6.29. The summed E-state index contributed by atoms with van der Waals surface area (Å²) in [4.78, 5) is 12.2. The fraction of sp³-hybridized carbons (Fsp3) is 0.828. The number of allylic oxidation sites excluding steroid dienone is 3. The summed E-state index contributed by atoms with van der Waals surface area (Å²) in [6.45, 7) is 4.06. The van der Waals surface area contributed by atoms with Crippen LogP contribution in [-0.2, 0) is 4.79 Å². The van der Waals surface area contributed by atoms with Crippen LogP contribution in [0.3, 0.4) is 0 Å². The van der Waals surface area contributed by atoms with Crippen LogP contribution in [0.4, 0.5) is 0 Å². The second-order valence-electron chi connectivity index (χ2n) is 9.60. The number of rotatable bonds is 24. The molecule has 0 aliphatic heterocycles. The lowest BCUT2D eigenvalue weighted by Crippen LogP contribution is -2.48. The maximum Gasteiger partial charge on any atom is 0.249 e. The zero-order valence-corrected chi connectivity index (χ0v) is 22.2. The molecule has 0 heterocycles. The summed E-state index contributed by atoms with van der Waals surface area (Å²) in [5.41, 5.74) is 0. The van der Waals surface area contributed by atoms with E-state index in [4.69, 9.17) is 0 Å². The van der Waals surface area contributed by atoms with Crippen LogP contribution in [0.15, 0.2) is 24.3 Å². The first-order valence-corrected chi connectivity index (χ1v) is 14.2. The van der Waals surface area contributed by atoms with Gasteiger partial charge in [0, 0.05) is 0 Å². The lowest BCUT2D eigenvalue weighted by molar-refractivity contribution is -0.131. The standard InChI is InChI=1S/C29H55NO4/c1-3-5-7-9-11-13-14-16-17-19-21-23-27(32)26(25-31)30-29(34)28(33)24-22-20-18-15-12-10-8-6-4-2/h10,12,21,23,26-28,31-33H,3-9,11,13-20,22,24-25H2,1-2H3,(H,30,34)/b12-10-,23-21+. The van der Waals surface area contributed by atoms with Crippen molar-refractivity contribution < 1.29 is 20.1 Å². The van der Waals surface area contributed by atoms with E-state index in [-0.39, 0.29) is 6.61 Å². The van der Waals surface area contributed by atoms with Gasteiger partial charge in [-0.25, -0.2) is 0 Å². The quantitative estimate of drug-likeness (QED) is 0.0954. The predicted octanol–water partition coefficient (Wildman–Crippen LogP) is 6.36. The molecule has 0 spiro atoms. The van der Waals surface area contributed by atoms with Gasteiger partial charge in [0.15, 0.2) is 0 Å². The monoisotopic (exact) mass is 481 g/mol. The summed E-state index contributed by atoms with van der Waals surface area (Å²) in [7, 11) is 0. The summed E-state index contributed by atoms with van der Waals surface area (Å²) < 4.78 is 0. The van der Waals surface area contributed by atoms with Gasteiger partial charge in [-0.05, 0) is 38.5 Å². The molecule has 0 rings (SSSR count). The molecule has 0 saturated carbocycles. The third-order valence-corrected chi connectivity index (χ3v) is 6.29. The molecule has 0 fully saturated rings. The molecule has 3 atom stereocenters. The maximum absolute atomic E-state index is 12.2. The van der Waals surface area contributed by atoms with Crippen LogP contribution in [0.25, 0.3) is 0 Å². The van der Waals surface area contributed by atoms with Gasteiger partial charge in [0.05, 0.1) is 18.8 Å². The highest BCUT2D eigenvalue weighted by Crippen LogP contribution is 2.11. The van der Waals surface area contributed by atoms with E-state index < -0.39 is 24.2 Å². The van der Waals surface area contributed by atoms with E-state index in [2.05, 4.69) is 31.3 Å². The molecular formula is C29H55NO4. The molecule has 0 radical (unpaired) electrons. The van der Waals surface area contributed by atoms with Crippen LogP contribution in [0.1, 0.15) is 129 Å². The molecule has 0 aromatic rings. The summed E-state index contributed by atoms with van der Waals surface area (Å²) in [6.07, 6.45) is 26.2. The lowest BCUT2D eigenvalue weighted by Gasteiger charge is -2.21. The lowest BCUT2D eigenvalue weighted by atomic mass is 10.1. The number of hydrogen-bond acceptors (Lipinski definition) is 4. The zero-order valence-electron chi connectivity index (χ0n) is 22.2. The van der Waals surface area contributed by atoms with Crippen molar-refractivity contribution in [3.05, 3.63) is 24.3 Å². The third kappa shape index (κ3) is 20.2. The van der Waals surface area contributed by atoms with Crippen LogP contribution < -0.4 is 5.32 Å². The summed E-state index contributed by atoms with van der Waals surface area (Å²) >= 11 is 0. The van der Waals surface area contributed by atoms with Crippen LogP contribution in [0, 0.1) is 0 Å². The molecule has 0 aliphatic carbocycles. The van der Waals surface area contributed by atoms with Gasteiger partial charge in [-0.3, -0.25) is 4.79 Å². The van der Waals surface area contributed by atoms with Gasteiger partial charge in [0.25, 0.3) is 0 Å². The van der Waals surface area contributed by atoms with E-state index in [9.17, 15) is 20.1 Å². The SMILES string of the molecule is CCCC/C=C\CCCCCC(O)C(=O)NC(CO)C(O)/C=C/CCCCCCCCCCC. The highest BCUT2D eigenvalue weighted by atomic mass is 16.3. The molecule has 1 amide bonds. The highest BCUT2D eigenvalue weighted by Gasteiger charge is 2.22. The normalized spacial score (nSPS) is 14.6. The molecule has 200 valence electrons. The fourth-order valence-corrected chi connectivity index (χ4v) is 3.93. The Balaban J connectivity index is 3.92. The molecule has 0 bridgehead atoms. The minimum Gasteiger partial charge on any atom is -0.394 e. The van der Waals surface area contributed by atoms with Crippen molar-refractivity contribution in [3.8, 4) is 0 Å². The Bertz CT molecular complexity index is 506. The number of hydrogen-bond donors (Lipinski definition) is 4. The van der Waals surface area contributed by atoms with Gasteiger partial charge >= 0.3 is 0 Å². The molecule has 3 unspecified atom stereocenters. The molecule has 0 saturated heterocycles. The summed E-state index contributed by atoms with van der Waals surface area (Å²) in [5, 5.41) is 32.5. The van der Waals surface area contributed by atoms with E-state index in [1.165, 1.54) is 64.2 Å². The topological polar surface area (TPSA) is 89.8 Å². The first-order chi connectivity index (χ1) is 16.6. The van der Waals surface area contributed by atoms with Crippen LogP contribution in [-0.4, -0.2) is 46.1 Å². The van der Waals surface area contributed by atoms with Crippen molar-refractivity contribution in [2.75, 3.05) is 6.61 Å². The molecule has 5 heteroatoms. The van der Waals surface area contributed by atoms with Crippen LogP contribution >= 0.6 is 0 Å². The van der Waals surface area contributed by atoms with Gasteiger partial charge < -0.3 is 20.6 Å². The second-order valence-corrected chi connectivity index (χ2v) is 9.60. The number of carbonyl (C=O) groups excluding carboxylic acids is 1. The zero-order chi connectivity index (χ0) is 25.3. The molecule has 34 heavy (non-hydrogen) atoms. The minimum atomic E-state index is -1.10. The van der Waals surface area contributed by atoms with Gasteiger partial charge in [0.2, 0.25) is 5.91 Å². The largest absolute Gasteiger partial charge is 0.394 e. The minimum absolute atomic E-state index is 0.369. The van der Waals surface area contributed by atoms with Crippen molar-refractivity contribution in [1.29, 1.82) is 0 Å². The number of amides is 1. The van der Waals surface area contributed by atoms with Crippen molar-refractivity contribution in [2.45, 2.75) is 148 Å². The summed E-state index contributed by atoms with van der Waals surface area (Å²) in [6, 6.07) is -0.797. The number of aliphatic hydroxyl groups is 3. The average Bonchev–Trinajstić information content (AvgIpc) is 2.84. The first-order valence-electron chi connectivity index (χ1n) is 14.2. The first kappa shape index (κ1) is 32.8. The summed E-state index contributed by atoms with van der Waals surface area (Å²) in [5.74, 6) is -0.523. The van der Waals surface area contributed by atoms with E-state index in [1.54, 1.807) is 6.08 Å². The Morgan fingerprint density at radius 3 is 1.79 bits per heavy atom. The molecule has 0 aliphatic rings. The van der Waals surface area contributed by atoms with Gasteiger partial charge in [0.1, 0.15) is 6.10 Å². The Morgan fingerprint density at radius 2 is 1.21 bits per heavy atom. The van der Waals surface area contributed by atoms with Crippen molar-refractivity contribution in [1.82, 2.24) is 5.32 Å². The number of aliphatic hydroxyl groups excluding tert-OH is 3.